The monoisotopic (exact) mass is 358 g/mol. The molecule has 0 saturated heterocycles. The van der Waals surface area contributed by atoms with Gasteiger partial charge in [0.2, 0.25) is 0 Å². The number of benzene rings is 3. The third-order valence-electron chi connectivity index (χ3n) is 4.98. The van der Waals surface area contributed by atoms with E-state index in [0.717, 1.165) is 28.1 Å². The van der Waals surface area contributed by atoms with E-state index in [4.69, 9.17) is 4.74 Å². The van der Waals surface area contributed by atoms with Gasteiger partial charge in [-0.25, -0.2) is 10.0 Å². The Kier molecular flexibility index (Phi) is 4.65. The standard InChI is InChI=1S/C23H22N2O2/c1-24(16-17-12-14-19(27-2)15-13-17)25-21-11-7-6-10-20(21)22(23(25)26)18-8-4-3-5-9-18/h3-15,22H,16H2,1-2H3/t22-/m1/s1. The van der Waals surface area contributed by atoms with Crippen molar-refractivity contribution in [3.8, 4) is 5.75 Å². The van der Waals surface area contributed by atoms with E-state index in [1.54, 1.807) is 12.1 Å². The first-order valence-electron chi connectivity index (χ1n) is 9.01. The zero-order valence-corrected chi connectivity index (χ0v) is 15.5. The van der Waals surface area contributed by atoms with Crippen LogP contribution in [-0.2, 0) is 11.3 Å². The number of carbonyl (C=O) groups excluding carboxylic acids is 1. The van der Waals surface area contributed by atoms with Crippen molar-refractivity contribution in [3.63, 3.8) is 0 Å². The van der Waals surface area contributed by atoms with Crippen LogP contribution in [-0.4, -0.2) is 25.1 Å². The number of nitrogens with zero attached hydrogens (tertiary/aromatic N) is 2. The molecule has 0 unspecified atom stereocenters. The predicted molar refractivity (Wildman–Crippen MR) is 107 cm³/mol. The third-order valence-corrected chi connectivity index (χ3v) is 4.98. The van der Waals surface area contributed by atoms with Gasteiger partial charge in [-0.2, -0.15) is 0 Å². The van der Waals surface area contributed by atoms with Gasteiger partial charge in [-0.05, 0) is 34.9 Å². The van der Waals surface area contributed by atoms with Gasteiger partial charge in [-0.3, -0.25) is 4.79 Å². The second kappa shape index (κ2) is 7.25. The Hall–Kier alpha value is -3.11. The summed E-state index contributed by atoms with van der Waals surface area (Å²) in [6.07, 6.45) is 0. The summed E-state index contributed by atoms with van der Waals surface area (Å²) < 4.78 is 5.22. The quantitative estimate of drug-likeness (QED) is 0.685. The molecule has 1 heterocycles. The van der Waals surface area contributed by atoms with Crippen molar-refractivity contribution >= 4 is 11.6 Å². The molecule has 1 aliphatic rings. The van der Waals surface area contributed by atoms with E-state index in [0.29, 0.717) is 6.54 Å². The molecule has 4 nitrogen and oxygen atoms in total. The molecule has 136 valence electrons. The fourth-order valence-electron chi connectivity index (χ4n) is 3.68. The van der Waals surface area contributed by atoms with Crippen molar-refractivity contribution in [3.05, 3.63) is 95.6 Å². The number of ether oxygens (including phenoxy) is 1. The van der Waals surface area contributed by atoms with E-state index in [2.05, 4.69) is 0 Å². The maximum atomic E-state index is 13.4. The molecule has 1 amide bonds. The van der Waals surface area contributed by atoms with E-state index in [1.807, 2.05) is 90.9 Å². The first kappa shape index (κ1) is 17.3. The van der Waals surface area contributed by atoms with Crippen molar-refractivity contribution in [1.29, 1.82) is 0 Å². The smallest absolute Gasteiger partial charge is 0.253 e. The van der Waals surface area contributed by atoms with Crippen LogP contribution in [0.2, 0.25) is 0 Å². The molecule has 3 aromatic rings. The number of hydrazine groups is 1. The zero-order chi connectivity index (χ0) is 18.8. The highest BCUT2D eigenvalue weighted by atomic mass is 16.5. The Labute approximate surface area is 159 Å². The fourth-order valence-corrected chi connectivity index (χ4v) is 3.68. The Morgan fingerprint density at radius 1 is 0.926 bits per heavy atom. The van der Waals surface area contributed by atoms with Gasteiger partial charge in [-0.1, -0.05) is 60.7 Å². The van der Waals surface area contributed by atoms with Crippen molar-refractivity contribution in [2.45, 2.75) is 12.5 Å². The third kappa shape index (κ3) is 3.20. The molecule has 0 radical (unpaired) electrons. The van der Waals surface area contributed by atoms with Gasteiger partial charge >= 0.3 is 0 Å². The van der Waals surface area contributed by atoms with E-state index in [-0.39, 0.29) is 11.8 Å². The molecule has 0 aromatic heterocycles. The summed E-state index contributed by atoms with van der Waals surface area (Å²) >= 11 is 0. The number of anilines is 1. The summed E-state index contributed by atoms with van der Waals surface area (Å²) in [5.74, 6) is 0.646. The van der Waals surface area contributed by atoms with Gasteiger partial charge in [0, 0.05) is 13.6 Å². The highest BCUT2D eigenvalue weighted by Crippen LogP contribution is 2.41. The largest absolute Gasteiger partial charge is 0.497 e. The van der Waals surface area contributed by atoms with Crippen molar-refractivity contribution in [2.24, 2.45) is 0 Å². The Bertz CT molecular complexity index is 938. The van der Waals surface area contributed by atoms with Gasteiger partial charge in [-0.15, -0.1) is 0 Å². The molecule has 0 bridgehead atoms. The maximum absolute atomic E-state index is 13.4. The summed E-state index contributed by atoms with van der Waals surface area (Å²) in [6.45, 7) is 0.631. The molecule has 1 atom stereocenters. The van der Waals surface area contributed by atoms with Crippen molar-refractivity contribution < 1.29 is 9.53 Å². The molecular formula is C23H22N2O2. The van der Waals surface area contributed by atoms with Crippen molar-refractivity contribution in [1.82, 2.24) is 5.01 Å². The van der Waals surface area contributed by atoms with E-state index >= 15 is 0 Å². The number of hydrogen-bond acceptors (Lipinski definition) is 3. The minimum Gasteiger partial charge on any atom is -0.497 e. The normalized spacial score (nSPS) is 15.9. The van der Waals surface area contributed by atoms with Gasteiger partial charge in [0.05, 0.1) is 18.7 Å². The van der Waals surface area contributed by atoms with Crippen LogP contribution in [0.25, 0.3) is 0 Å². The van der Waals surface area contributed by atoms with Gasteiger partial charge in [0.15, 0.2) is 0 Å². The summed E-state index contributed by atoms with van der Waals surface area (Å²) in [4.78, 5) is 13.4. The van der Waals surface area contributed by atoms with Crippen LogP contribution >= 0.6 is 0 Å². The molecule has 0 saturated carbocycles. The minimum atomic E-state index is -0.263. The Morgan fingerprint density at radius 2 is 1.59 bits per heavy atom. The van der Waals surface area contributed by atoms with E-state index in [1.165, 1.54) is 0 Å². The molecule has 1 aliphatic heterocycles. The minimum absolute atomic E-state index is 0.0819. The molecule has 3 aromatic carbocycles. The highest BCUT2D eigenvalue weighted by Gasteiger charge is 2.39. The van der Waals surface area contributed by atoms with Crippen LogP contribution in [0.15, 0.2) is 78.9 Å². The molecular weight excluding hydrogens is 336 g/mol. The lowest BCUT2D eigenvalue weighted by atomic mass is 9.93. The van der Waals surface area contributed by atoms with Crippen LogP contribution < -0.4 is 9.75 Å². The lowest BCUT2D eigenvalue weighted by Crippen LogP contribution is -2.42. The van der Waals surface area contributed by atoms with Crippen LogP contribution in [0, 0.1) is 0 Å². The maximum Gasteiger partial charge on any atom is 0.253 e. The number of rotatable bonds is 5. The van der Waals surface area contributed by atoms with Crippen molar-refractivity contribution in [2.75, 3.05) is 19.2 Å². The molecule has 0 N–H and O–H groups in total. The Balaban J connectivity index is 1.65. The van der Waals surface area contributed by atoms with Gasteiger partial charge in [0.25, 0.3) is 5.91 Å². The number of fused-ring (bicyclic) bond motifs is 1. The lowest BCUT2D eigenvalue weighted by molar-refractivity contribution is -0.121. The fraction of sp³-hybridized carbons (Fsp3) is 0.174. The first-order valence-corrected chi connectivity index (χ1v) is 9.01. The highest BCUT2D eigenvalue weighted by molar-refractivity contribution is 6.06. The number of para-hydroxylation sites is 1. The van der Waals surface area contributed by atoms with Gasteiger partial charge < -0.3 is 4.74 Å². The van der Waals surface area contributed by atoms with E-state index < -0.39 is 0 Å². The topological polar surface area (TPSA) is 32.8 Å². The zero-order valence-electron chi connectivity index (χ0n) is 15.5. The summed E-state index contributed by atoms with van der Waals surface area (Å²) in [7, 11) is 3.61. The first-order chi connectivity index (χ1) is 13.2. The summed E-state index contributed by atoms with van der Waals surface area (Å²) in [5, 5.41) is 3.78. The molecule has 4 rings (SSSR count). The predicted octanol–water partition coefficient (Wildman–Crippen LogP) is 4.22. The number of hydrogen-bond donors (Lipinski definition) is 0. The number of methoxy groups -OCH3 is 1. The Morgan fingerprint density at radius 3 is 2.30 bits per heavy atom. The molecule has 27 heavy (non-hydrogen) atoms. The number of carbonyl (C=O) groups is 1. The molecule has 0 spiro atoms. The SMILES string of the molecule is COc1ccc(CN(C)N2C(=O)[C@H](c3ccccc3)c3ccccc32)cc1. The summed E-state index contributed by atoms with van der Waals surface area (Å²) in [5.41, 5.74) is 4.14. The second-order valence-electron chi connectivity index (χ2n) is 6.72. The van der Waals surface area contributed by atoms with Crippen LogP contribution in [0.4, 0.5) is 5.69 Å². The van der Waals surface area contributed by atoms with E-state index in [9.17, 15) is 4.79 Å². The average Bonchev–Trinajstić information content (AvgIpc) is 3.01. The lowest BCUT2D eigenvalue weighted by Gasteiger charge is -2.29. The van der Waals surface area contributed by atoms with Crippen LogP contribution in [0.3, 0.4) is 0 Å². The molecule has 0 fully saturated rings. The van der Waals surface area contributed by atoms with Gasteiger partial charge in [0.1, 0.15) is 5.75 Å². The van der Waals surface area contributed by atoms with Crippen LogP contribution in [0.5, 0.6) is 5.75 Å². The summed E-state index contributed by atoms with van der Waals surface area (Å²) in [6, 6.07) is 25.9. The average molecular weight is 358 g/mol. The number of amides is 1. The van der Waals surface area contributed by atoms with Crippen LogP contribution in [0.1, 0.15) is 22.6 Å². The second-order valence-corrected chi connectivity index (χ2v) is 6.72. The molecule has 4 heteroatoms. The molecule has 0 aliphatic carbocycles.